The van der Waals surface area contributed by atoms with Crippen LogP contribution in [-0.2, 0) is 6.18 Å². The highest BCUT2D eigenvalue weighted by molar-refractivity contribution is 7.16. The van der Waals surface area contributed by atoms with Crippen molar-refractivity contribution in [3.8, 4) is 0 Å². The van der Waals surface area contributed by atoms with Gasteiger partial charge >= 0.3 is 6.18 Å². The van der Waals surface area contributed by atoms with E-state index in [-0.39, 0.29) is 0 Å². The molecule has 0 fully saturated rings. The number of fused-ring (bicyclic) bond motifs is 1. The van der Waals surface area contributed by atoms with E-state index in [2.05, 4.69) is 15.3 Å². The van der Waals surface area contributed by atoms with Crippen LogP contribution in [-0.4, -0.2) is 15.9 Å². The number of hydrogen-bond donors (Lipinski definition) is 2. The summed E-state index contributed by atoms with van der Waals surface area (Å²) in [5, 5.41) is 2.53. The zero-order valence-corrected chi connectivity index (χ0v) is 11.2. The molecule has 0 aliphatic carbocycles. The molecule has 8 heteroatoms. The number of benzene rings is 1. The number of carbonyl (C=O) groups is 1. The summed E-state index contributed by atoms with van der Waals surface area (Å²) in [6, 6.07) is 5.91. The van der Waals surface area contributed by atoms with E-state index < -0.39 is 17.6 Å². The Bertz CT molecular complexity index is 760. The van der Waals surface area contributed by atoms with Crippen molar-refractivity contribution in [2.45, 2.75) is 6.18 Å². The first-order valence-electron chi connectivity index (χ1n) is 5.84. The van der Waals surface area contributed by atoms with Crippen LogP contribution in [0.4, 0.5) is 18.9 Å². The van der Waals surface area contributed by atoms with Gasteiger partial charge in [0.15, 0.2) is 0 Å². The predicted molar refractivity (Wildman–Crippen MR) is 73.4 cm³/mol. The first kappa shape index (κ1) is 13.6. The Labute approximate surface area is 120 Å². The van der Waals surface area contributed by atoms with Crippen LogP contribution < -0.4 is 5.32 Å². The number of thiazole rings is 1. The number of aromatic amines is 1. The summed E-state index contributed by atoms with van der Waals surface area (Å²) in [6.07, 6.45) is -4.39. The molecule has 1 amide bonds. The monoisotopic (exact) mass is 311 g/mol. The van der Waals surface area contributed by atoms with Gasteiger partial charge < -0.3 is 10.3 Å². The van der Waals surface area contributed by atoms with Gasteiger partial charge in [-0.15, -0.1) is 11.3 Å². The number of carbonyl (C=O) groups excluding carboxylic acids is 1. The van der Waals surface area contributed by atoms with E-state index in [1.165, 1.54) is 23.5 Å². The topological polar surface area (TPSA) is 57.8 Å². The van der Waals surface area contributed by atoms with Crippen molar-refractivity contribution in [2.24, 2.45) is 0 Å². The minimum Gasteiger partial charge on any atom is -0.334 e. The summed E-state index contributed by atoms with van der Waals surface area (Å²) >= 11 is 1.39. The van der Waals surface area contributed by atoms with Crippen LogP contribution in [0.25, 0.3) is 10.3 Å². The van der Waals surface area contributed by atoms with Crippen LogP contribution in [0.1, 0.15) is 16.1 Å². The van der Waals surface area contributed by atoms with Gasteiger partial charge in [0.1, 0.15) is 11.3 Å². The first-order valence-corrected chi connectivity index (χ1v) is 6.72. The summed E-state index contributed by atoms with van der Waals surface area (Å²) in [5.74, 6) is -0.431. The van der Waals surface area contributed by atoms with Crippen molar-refractivity contribution in [1.82, 2.24) is 9.97 Å². The normalized spacial score (nSPS) is 11.8. The summed E-state index contributed by atoms with van der Waals surface area (Å²) in [4.78, 5) is 18.8. The van der Waals surface area contributed by atoms with Crippen molar-refractivity contribution in [3.63, 3.8) is 0 Å². The molecule has 0 unspecified atom stereocenters. The average molecular weight is 311 g/mol. The lowest BCUT2D eigenvalue weighted by Crippen LogP contribution is -2.12. The molecule has 1 aromatic carbocycles. The van der Waals surface area contributed by atoms with E-state index in [0.717, 1.165) is 16.8 Å². The summed E-state index contributed by atoms with van der Waals surface area (Å²) in [7, 11) is 0. The van der Waals surface area contributed by atoms with Gasteiger partial charge in [-0.25, -0.2) is 4.98 Å². The van der Waals surface area contributed by atoms with Gasteiger partial charge in [0.05, 0.1) is 15.8 Å². The van der Waals surface area contributed by atoms with Crippen LogP contribution in [0.15, 0.2) is 35.8 Å². The molecular formula is C13H8F3N3OS. The molecule has 4 nitrogen and oxygen atoms in total. The molecule has 3 rings (SSSR count). The Morgan fingerprint density at radius 1 is 1.24 bits per heavy atom. The third kappa shape index (κ3) is 2.75. The molecule has 0 radical (unpaired) electrons. The first-order chi connectivity index (χ1) is 9.93. The number of halogens is 3. The standard InChI is InChI=1S/C13H8F3N3OS/c14-13(15,16)7-1-3-8(4-2-7)18-12(20)9-5-10-11(19-9)17-6-21-10/h1-6,19H,(H,18,20). The molecule has 0 spiro atoms. The molecule has 2 N–H and O–H groups in total. The molecule has 0 saturated heterocycles. The van der Waals surface area contributed by atoms with E-state index in [4.69, 9.17) is 0 Å². The third-order valence-corrected chi connectivity index (χ3v) is 3.61. The second-order valence-corrected chi connectivity index (χ2v) is 5.16. The largest absolute Gasteiger partial charge is 0.416 e. The predicted octanol–water partition coefficient (Wildman–Crippen LogP) is 3.90. The van der Waals surface area contributed by atoms with Gasteiger partial charge in [0, 0.05) is 5.69 Å². The Morgan fingerprint density at radius 2 is 1.95 bits per heavy atom. The molecule has 0 atom stereocenters. The fraction of sp³-hybridized carbons (Fsp3) is 0.0769. The minimum atomic E-state index is -4.39. The van der Waals surface area contributed by atoms with Gasteiger partial charge in [-0.2, -0.15) is 13.2 Å². The maximum atomic E-state index is 12.4. The lowest BCUT2D eigenvalue weighted by atomic mass is 10.2. The van der Waals surface area contributed by atoms with Crippen LogP contribution in [0, 0.1) is 0 Å². The molecule has 0 saturated carbocycles. The molecule has 21 heavy (non-hydrogen) atoms. The molecule has 0 aliphatic heterocycles. The van der Waals surface area contributed by atoms with E-state index in [1.807, 2.05) is 0 Å². The third-order valence-electron chi connectivity index (χ3n) is 2.84. The van der Waals surface area contributed by atoms with E-state index >= 15 is 0 Å². The second-order valence-electron chi connectivity index (χ2n) is 4.28. The SMILES string of the molecule is O=C(Nc1ccc(C(F)(F)F)cc1)c1cc2scnc2[nH]1. The van der Waals surface area contributed by atoms with Crippen LogP contribution >= 0.6 is 11.3 Å². The lowest BCUT2D eigenvalue weighted by Gasteiger charge is -2.08. The Balaban J connectivity index is 1.76. The summed E-state index contributed by atoms with van der Waals surface area (Å²) in [5.41, 5.74) is 2.10. The highest BCUT2D eigenvalue weighted by Gasteiger charge is 2.30. The number of nitrogens with zero attached hydrogens (tertiary/aromatic N) is 1. The molecule has 108 valence electrons. The van der Waals surface area contributed by atoms with Gasteiger partial charge in [-0.3, -0.25) is 4.79 Å². The fourth-order valence-corrected chi connectivity index (χ4v) is 2.48. The smallest absolute Gasteiger partial charge is 0.334 e. The number of amides is 1. The van der Waals surface area contributed by atoms with Gasteiger partial charge in [0.2, 0.25) is 0 Å². The molecule has 0 aliphatic rings. The number of anilines is 1. The zero-order valence-electron chi connectivity index (χ0n) is 10.4. The quantitative estimate of drug-likeness (QED) is 0.754. The van der Waals surface area contributed by atoms with Gasteiger partial charge in [-0.1, -0.05) is 0 Å². The minimum absolute atomic E-state index is 0.291. The van der Waals surface area contributed by atoms with E-state index in [9.17, 15) is 18.0 Å². The maximum Gasteiger partial charge on any atom is 0.416 e. The van der Waals surface area contributed by atoms with Crippen molar-refractivity contribution >= 4 is 33.3 Å². The number of nitrogens with one attached hydrogen (secondary N) is 2. The number of hydrogen-bond acceptors (Lipinski definition) is 3. The van der Waals surface area contributed by atoms with Crippen molar-refractivity contribution in [3.05, 3.63) is 47.1 Å². The van der Waals surface area contributed by atoms with Crippen molar-refractivity contribution < 1.29 is 18.0 Å². The van der Waals surface area contributed by atoms with Crippen LogP contribution in [0.2, 0.25) is 0 Å². The zero-order chi connectivity index (χ0) is 15.0. The molecule has 2 aromatic heterocycles. The van der Waals surface area contributed by atoms with Gasteiger partial charge in [-0.05, 0) is 30.3 Å². The molecule has 3 aromatic rings. The molecular weight excluding hydrogens is 303 g/mol. The Hall–Kier alpha value is -2.35. The number of aromatic nitrogens is 2. The summed E-state index contributed by atoms with van der Waals surface area (Å²) < 4.78 is 38.1. The van der Waals surface area contributed by atoms with Crippen LogP contribution in [0.3, 0.4) is 0 Å². The highest BCUT2D eigenvalue weighted by atomic mass is 32.1. The molecule has 0 bridgehead atoms. The number of rotatable bonds is 2. The average Bonchev–Trinajstić information content (AvgIpc) is 2.98. The van der Waals surface area contributed by atoms with Crippen molar-refractivity contribution in [2.75, 3.05) is 5.32 Å². The highest BCUT2D eigenvalue weighted by Crippen LogP contribution is 2.30. The Kier molecular flexibility index (Phi) is 3.17. The van der Waals surface area contributed by atoms with E-state index in [0.29, 0.717) is 17.0 Å². The number of alkyl halides is 3. The second kappa shape index (κ2) is 4.88. The lowest BCUT2D eigenvalue weighted by molar-refractivity contribution is -0.137. The fourth-order valence-electron chi connectivity index (χ4n) is 1.81. The number of H-pyrrole nitrogens is 1. The Morgan fingerprint density at radius 3 is 2.57 bits per heavy atom. The van der Waals surface area contributed by atoms with Gasteiger partial charge in [0.25, 0.3) is 5.91 Å². The summed E-state index contributed by atoms with van der Waals surface area (Å²) in [6.45, 7) is 0. The van der Waals surface area contributed by atoms with Crippen LogP contribution in [0.5, 0.6) is 0 Å². The molecule has 2 heterocycles. The van der Waals surface area contributed by atoms with E-state index in [1.54, 1.807) is 11.6 Å². The maximum absolute atomic E-state index is 12.4. The van der Waals surface area contributed by atoms with Crippen molar-refractivity contribution in [1.29, 1.82) is 0 Å².